The highest BCUT2D eigenvalue weighted by atomic mass is 15.0. The summed E-state index contributed by atoms with van der Waals surface area (Å²) in [5, 5.41) is 13.0. The number of fused-ring (bicyclic) bond motifs is 7. The van der Waals surface area contributed by atoms with Gasteiger partial charge in [-0.25, -0.2) is 19.8 Å². The van der Waals surface area contributed by atoms with Crippen LogP contribution in [0, 0.1) is 17.9 Å². The minimum Gasteiger partial charge on any atom is -0.309 e. The number of rotatable bonds is 4. The third-order valence-corrected chi connectivity index (χ3v) is 9.92. The van der Waals surface area contributed by atoms with Crippen LogP contribution in [0.5, 0.6) is 0 Å². The van der Waals surface area contributed by atoms with Gasteiger partial charge < -0.3 is 4.57 Å². The van der Waals surface area contributed by atoms with Crippen molar-refractivity contribution in [2.75, 3.05) is 0 Å². The minimum atomic E-state index is -0.198. The van der Waals surface area contributed by atoms with Crippen LogP contribution in [0.1, 0.15) is 30.5 Å². The molecule has 1 aliphatic rings. The second-order valence-corrected chi connectivity index (χ2v) is 13.1. The molecule has 9 rings (SSSR count). The minimum absolute atomic E-state index is 0.198. The zero-order valence-corrected chi connectivity index (χ0v) is 27.4. The predicted octanol–water partition coefficient (Wildman–Crippen LogP) is 10.7. The summed E-state index contributed by atoms with van der Waals surface area (Å²) in [6, 6.07) is 46.9. The summed E-state index contributed by atoms with van der Waals surface area (Å²) in [6.45, 7) is 12.9. The molecular formula is C44H28N6. The molecule has 0 bridgehead atoms. The number of nitrogens with zero attached hydrogens (tertiary/aromatic N) is 6. The lowest BCUT2D eigenvalue weighted by Gasteiger charge is -2.21. The summed E-state index contributed by atoms with van der Waals surface area (Å²) in [4.78, 5) is 18.6. The highest BCUT2D eigenvalue weighted by Gasteiger charge is 2.37. The van der Waals surface area contributed by atoms with Crippen LogP contribution in [0.3, 0.4) is 0 Å². The number of aromatic nitrogens is 4. The van der Waals surface area contributed by atoms with E-state index < -0.39 is 0 Å². The van der Waals surface area contributed by atoms with E-state index in [0.29, 0.717) is 40.0 Å². The van der Waals surface area contributed by atoms with Gasteiger partial charge in [0, 0.05) is 38.4 Å². The molecule has 0 saturated carbocycles. The van der Waals surface area contributed by atoms with Crippen molar-refractivity contribution in [1.82, 2.24) is 19.5 Å². The van der Waals surface area contributed by atoms with Crippen LogP contribution < -0.4 is 0 Å². The van der Waals surface area contributed by atoms with Crippen molar-refractivity contribution in [3.8, 4) is 57.0 Å². The van der Waals surface area contributed by atoms with Crippen molar-refractivity contribution in [2.45, 2.75) is 19.3 Å². The number of nitriles is 1. The van der Waals surface area contributed by atoms with Gasteiger partial charge >= 0.3 is 0 Å². The Labute approximate surface area is 289 Å². The van der Waals surface area contributed by atoms with Gasteiger partial charge in [0.05, 0.1) is 28.9 Å². The van der Waals surface area contributed by atoms with Crippen LogP contribution in [0.2, 0.25) is 0 Å². The first-order valence-electron chi connectivity index (χ1n) is 16.5. The van der Waals surface area contributed by atoms with E-state index in [1.807, 2.05) is 78.9 Å². The van der Waals surface area contributed by atoms with Gasteiger partial charge in [0.15, 0.2) is 23.2 Å². The zero-order chi connectivity index (χ0) is 34.0. The van der Waals surface area contributed by atoms with Crippen molar-refractivity contribution >= 4 is 27.5 Å². The molecule has 6 heteroatoms. The normalized spacial score (nSPS) is 12.7. The maximum absolute atomic E-state index is 10.8. The molecule has 0 unspecified atom stereocenters. The molecule has 0 aliphatic heterocycles. The lowest BCUT2D eigenvalue weighted by Crippen LogP contribution is -2.14. The molecule has 0 fully saturated rings. The second-order valence-electron chi connectivity index (χ2n) is 13.1. The van der Waals surface area contributed by atoms with Gasteiger partial charge in [0.25, 0.3) is 0 Å². The van der Waals surface area contributed by atoms with Gasteiger partial charge in [-0.1, -0.05) is 129 Å². The molecule has 6 nitrogen and oxygen atoms in total. The average molecular weight is 641 g/mol. The van der Waals surface area contributed by atoms with Crippen LogP contribution >= 0.6 is 0 Å². The van der Waals surface area contributed by atoms with Gasteiger partial charge in [-0.15, -0.1) is 0 Å². The van der Waals surface area contributed by atoms with E-state index in [2.05, 4.69) is 77.9 Å². The van der Waals surface area contributed by atoms with Crippen LogP contribution in [0.15, 0.2) is 133 Å². The highest BCUT2D eigenvalue weighted by molar-refractivity contribution is 6.16. The Balaban J connectivity index is 1.34. The third-order valence-electron chi connectivity index (χ3n) is 9.92. The molecule has 0 saturated heterocycles. The fourth-order valence-corrected chi connectivity index (χ4v) is 7.54. The summed E-state index contributed by atoms with van der Waals surface area (Å²) in [6.07, 6.45) is 0. The first-order valence-corrected chi connectivity index (χ1v) is 16.5. The van der Waals surface area contributed by atoms with Gasteiger partial charge in [0.2, 0.25) is 0 Å². The van der Waals surface area contributed by atoms with E-state index in [1.165, 1.54) is 16.7 Å². The highest BCUT2D eigenvalue weighted by Crippen LogP contribution is 2.53. The van der Waals surface area contributed by atoms with E-state index >= 15 is 0 Å². The Kier molecular flexibility index (Phi) is 6.49. The van der Waals surface area contributed by atoms with Gasteiger partial charge in [-0.05, 0) is 34.9 Å². The zero-order valence-electron chi connectivity index (χ0n) is 27.4. The maximum Gasteiger partial charge on any atom is 0.200 e. The molecule has 0 atom stereocenters. The molecule has 0 amide bonds. The summed E-state index contributed by atoms with van der Waals surface area (Å²) in [5.41, 5.74) is 10.2. The van der Waals surface area contributed by atoms with E-state index in [1.54, 1.807) is 6.07 Å². The van der Waals surface area contributed by atoms with Crippen molar-refractivity contribution in [1.29, 1.82) is 5.26 Å². The SMILES string of the molecule is [C-]#[N+]c1cc(-n2c3ccccc3c3ccc4c(c32)-c2ccccc2C4(C)C)c(C#N)cc1-c1nc(-c2ccccc2)nc(-c2ccccc2)n1. The molecule has 50 heavy (non-hydrogen) atoms. The lowest BCUT2D eigenvalue weighted by atomic mass is 9.82. The van der Waals surface area contributed by atoms with E-state index in [0.717, 1.165) is 38.5 Å². The van der Waals surface area contributed by atoms with E-state index in [9.17, 15) is 5.26 Å². The Morgan fingerprint density at radius 2 is 1.26 bits per heavy atom. The van der Waals surface area contributed by atoms with E-state index in [4.69, 9.17) is 21.5 Å². The Morgan fingerprint density at radius 1 is 0.640 bits per heavy atom. The summed E-state index contributed by atoms with van der Waals surface area (Å²) in [7, 11) is 0. The number of benzene rings is 6. The van der Waals surface area contributed by atoms with Gasteiger partial charge in [-0.3, -0.25) is 0 Å². The molecule has 0 spiro atoms. The summed E-state index contributed by atoms with van der Waals surface area (Å²) < 4.78 is 2.18. The van der Waals surface area contributed by atoms with E-state index in [-0.39, 0.29) is 5.41 Å². The Bertz CT molecular complexity index is 2690. The standard InChI is InChI=1S/C44H28N6/c1-44(2)34-20-12-10-19-32(34)39-35(44)23-22-31-30-18-11-13-21-37(30)50(40(31)39)38-25-36(46-3)33(24-29(38)26-45)43-48-41(27-14-6-4-7-15-27)47-42(49-43)28-16-8-5-9-17-28/h4-25H,1-2H3. The molecular weight excluding hydrogens is 613 g/mol. The second kappa shape index (κ2) is 11.1. The van der Waals surface area contributed by atoms with Crippen molar-refractivity contribution in [2.24, 2.45) is 0 Å². The predicted molar refractivity (Wildman–Crippen MR) is 199 cm³/mol. The fraction of sp³-hybridized carbons (Fsp3) is 0.0682. The van der Waals surface area contributed by atoms with Crippen LogP contribution in [0.4, 0.5) is 5.69 Å². The quantitative estimate of drug-likeness (QED) is 0.179. The molecule has 2 heterocycles. The maximum atomic E-state index is 10.8. The van der Waals surface area contributed by atoms with Crippen molar-refractivity contribution in [3.05, 3.63) is 162 Å². The molecule has 6 aromatic carbocycles. The lowest BCUT2D eigenvalue weighted by molar-refractivity contribution is 0.661. The van der Waals surface area contributed by atoms with Crippen LogP contribution in [-0.2, 0) is 5.41 Å². The third kappa shape index (κ3) is 4.29. The van der Waals surface area contributed by atoms with Gasteiger partial charge in [-0.2, -0.15) is 5.26 Å². The first kappa shape index (κ1) is 29.3. The number of hydrogen-bond acceptors (Lipinski definition) is 4. The van der Waals surface area contributed by atoms with Crippen molar-refractivity contribution < 1.29 is 0 Å². The Hall–Kier alpha value is -6.89. The first-order chi connectivity index (χ1) is 24.5. The molecule has 234 valence electrons. The topological polar surface area (TPSA) is 71.8 Å². The fourth-order valence-electron chi connectivity index (χ4n) is 7.54. The summed E-state index contributed by atoms with van der Waals surface area (Å²) in [5.74, 6) is 1.32. The van der Waals surface area contributed by atoms with Gasteiger partial charge in [0.1, 0.15) is 6.07 Å². The molecule has 0 radical (unpaired) electrons. The number of hydrogen-bond donors (Lipinski definition) is 0. The van der Waals surface area contributed by atoms with Crippen LogP contribution in [-0.4, -0.2) is 19.5 Å². The Morgan fingerprint density at radius 3 is 1.94 bits per heavy atom. The summed E-state index contributed by atoms with van der Waals surface area (Å²) >= 11 is 0. The molecule has 0 N–H and O–H groups in total. The van der Waals surface area contributed by atoms with Crippen LogP contribution in [0.25, 0.3) is 77.6 Å². The average Bonchev–Trinajstić information content (AvgIpc) is 3.63. The molecule has 8 aromatic rings. The smallest absolute Gasteiger partial charge is 0.200 e. The number of para-hydroxylation sites is 1. The monoisotopic (exact) mass is 640 g/mol. The van der Waals surface area contributed by atoms with Crippen molar-refractivity contribution in [3.63, 3.8) is 0 Å². The largest absolute Gasteiger partial charge is 0.309 e. The molecule has 1 aliphatic carbocycles. The molecule has 2 aromatic heterocycles.